The van der Waals surface area contributed by atoms with E-state index in [2.05, 4.69) is 0 Å². The van der Waals surface area contributed by atoms with Crippen LogP contribution >= 0.6 is 0 Å². The molecule has 2 aromatic rings. The van der Waals surface area contributed by atoms with Crippen LogP contribution in [0.15, 0.2) is 30.5 Å². The zero-order chi connectivity index (χ0) is 17.6. The van der Waals surface area contributed by atoms with Gasteiger partial charge in [0, 0.05) is 35.1 Å². The Balaban J connectivity index is 2.67. The number of benzene rings is 1. The van der Waals surface area contributed by atoms with Crippen molar-refractivity contribution in [3.05, 3.63) is 30.5 Å². The van der Waals surface area contributed by atoms with Crippen LogP contribution in [0.2, 0.25) is 0 Å². The molecule has 3 nitrogen and oxygen atoms in total. The monoisotopic (exact) mass is 238 g/mol. The first-order valence-corrected chi connectivity index (χ1v) is 5.30. The van der Waals surface area contributed by atoms with Gasteiger partial charge in [-0.2, -0.15) is 0 Å². The molecule has 0 fully saturated rings. The van der Waals surface area contributed by atoms with Crippen LogP contribution in [-0.2, 0) is 6.50 Å². The van der Waals surface area contributed by atoms with Crippen LogP contribution in [0.25, 0.3) is 10.9 Å². The third kappa shape index (κ3) is 2.44. The maximum Gasteiger partial charge on any atom is 0.119 e. The predicted octanol–water partition coefficient (Wildman–Crippen LogP) is 2.60. The minimum atomic E-state index is -2.84. The molecule has 0 N–H and O–H groups in total. The molecule has 1 aromatic heterocycles. The van der Waals surface area contributed by atoms with Crippen LogP contribution < -0.4 is 4.74 Å². The molecular weight excluding hydrogens is 212 g/mol. The van der Waals surface area contributed by atoms with Crippen molar-refractivity contribution in [3.8, 4) is 5.75 Å². The summed E-state index contributed by atoms with van der Waals surface area (Å²) in [5, 5.41) is 0.708. The fourth-order valence-corrected chi connectivity index (χ4v) is 1.56. The lowest BCUT2D eigenvalue weighted by atomic mass is 10.2. The Hall–Kier alpha value is -1.48. The lowest BCUT2D eigenvalue weighted by molar-refractivity contribution is 0.286. The van der Waals surface area contributed by atoms with E-state index in [1.54, 1.807) is 24.3 Å². The van der Waals surface area contributed by atoms with E-state index in [1.165, 1.54) is 32.0 Å². The second kappa shape index (κ2) is 4.80. The molecule has 1 heterocycles. The average Bonchev–Trinajstić information content (AvgIpc) is 2.87. The maximum atomic E-state index is 8.41. The van der Waals surface area contributed by atoms with Crippen molar-refractivity contribution in [1.82, 2.24) is 9.47 Å². The molecule has 0 bridgehead atoms. The normalized spacial score (nSPS) is 21.9. The summed E-state index contributed by atoms with van der Waals surface area (Å²) in [5.41, 5.74) is 0.499. The quantitative estimate of drug-likeness (QED) is 0.814. The van der Waals surface area contributed by atoms with Crippen molar-refractivity contribution in [2.24, 2.45) is 0 Å². The molecule has 0 aliphatic rings. The predicted molar refractivity (Wildman–Crippen MR) is 71.6 cm³/mol. The van der Waals surface area contributed by atoms with E-state index in [-0.39, 0.29) is 0 Å². The second-order valence-corrected chi connectivity index (χ2v) is 3.97. The van der Waals surface area contributed by atoms with E-state index in [0.29, 0.717) is 16.7 Å². The van der Waals surface area contributed by atoms with Gasteiger partial charge < -0.3 is 14.2 Å². The molecule has 0 aliphatic heterocycles. The highest BCUT2D eigenvalue weighted by Gasteiger charge is 2.08. The number of ether oxygens (including phenoxy) is 1. The van der Waals surface area contributed by atoms with Gasteiger partial charge in [0.15, 0.2) is 0 Å². The van der Waals surface area contributed by atoms with Gasteiger partial charge in [0.25, 0.3) is 0 Å². The van der Waals surface area contributed by atoms with Crippen molar-refractivity contribution in [2.45, 2.75) is 19.4 Å². The molecule has 3 heteroatoms. The molecule has 2 rings (SSSR count). The summed E-state index contributed by atoms with van der Waals surface area (Å²) in [5.74, 6) is 0.622. The number of methoxy groups -OCH3 is 1. The van der Waals surface area contributed by atoms with Gasteiger partial charge in [-0.1, -0.05) is 0 Å². The van der Waals surface area contributed by atoms with Crippen LogP contribution in [0, 0.1) is 0 Å². The van der Waals surface area contributed by atoms with E-state index >= 15 is 0 Å². The molecule has 0 unspecified atom stereocenters. The van der Waals surface area contributed by atoms with E-state index in [4.69, 9.17) is 13.0 Å². The minimum absolute atomic E-state index is 0.499. The molecule has 17 heavy (non-hydrogen) atoms. The molecule has 0 amide bonds. The third-order valence-electron chi connectivity index (χ3n) is 2.57. The van der Waals surface area contributed by atoms with Gasteiger partial charge in [-0.25, -0.2) is 0 Å². The molecule has 1 aromatic carbocycles. The second-order valence-electron chi connectivity index (χ2n) is 3.97. The van der Waals surface area contributed by atoms with Gasteiger partial charge in [0.05, 0.1) is 9.85 Å². The molecule has 92 valence electrons. The van der Waals surface area contributed by atoms with E-state index in [0.717, 1.165) is 4.90 Å². The summed E-state index contributed by atoms with van der Waals surface area (Å²) in [6.45, 7) is -5.33. The lowest BCUT2D eigenvalue weighted by Gasteiger charge is -2.20. The topological polar surface area (TPSA) is 17.4 Å². The zero-order valence-corrected chi connectivity index (χ0v) is 10.2. The largest absolute Gasteiger partial charge is 0.497 e. The fourth-order valence-electron chi connectivity index (χ4n) is 1.56. The number of hydrogen-bond acceptors (Lipinski definition) is 2. The van der Waals surface area contributed by atoms with Crippen molar-refractivity contribution in [1.29, 1.82) is 0 Å². The number of fused-ring (bicyclic) bond motifs is 1. The molecule has 0 aliphatic carbocycles. The molecule has 0 saturated carbocycles. The summed E-state index contributed by atoms with van der Waals surface area (Å²) in [6, 6.07) is 4.28. The average molecular weight is 238 g/mol. The van der Waals surface area contributed by atoms with Gasteiger partial charge in [-0.15, -0.1) is 0 Å². The Bertz CT molecular complexity index is 709. The number of nitrogens with zero attached hydrogens (tertiary/aromatic N) is 2. The Labute approximate surface area is 111 Å². The van der Waals surface area contributed by atoms with Crippen LogP contribution in [0.4, 0.5) is 0 Å². The van der Waals surface area contributed by atoms with Crippen molar-refractivity contribution in [3.63, 3.8) is 0 Å². The van der Waals surface area contributed by atoms with Crippen LogP contribution in [-0.4, -0.2) is 36.7 Å². The van der Waals surface area contributed by atoms with Crippen LogP contribution in [0.5, 0.6) is 5.75 Å². The van der Waals surface area contributed by atoms with Crippen LogP contribution in [0.1, 0.15) is 15.1 Å². The summed E-state index contributed by atoms with van der Waals surface area (Å²) >= 11 is 0. The number of likely N-dealkylation sites (N-methyl/N-ethyl adjacent to an activating group) is 1. The van der Waals surface area contributed by atoms with E-state index in [9.17, 15) is 0 Å². The van der Waals surface area contributed by atoms with E-state index in [1.807, 2.05) is 0 Å². The highest BCUT2D eigenvalue weighted by molar-refractivity contribution is 5.81. The Morgan fingerprint density at radius 3 is 3.00 bits per heavy atom. The summed E-state index contributed by atoms with van der Waals surface area (Å²) < 4.78 is 54.6. The van der Waals surface area contributed by atoms with Gasteiger partial charge in [0.1, 0.15) is 5.75 Å². The summed E-state index contributed by atoms with van der Waals surface area (Å²) in [4.78, 5) is 1.09. The fraction of sp³-hybridized carbons (Fsp3) is 0.429. The smallest absolute Gasteiger partial charge is 0.119 e. The SMILES string of the molecule is [2H]C([2H])([2H])[C@@]([2H])(N(C)C)C([2H])([2H])n1ccc2cc(OC)ccc21. The van der Waals surface area contributed by atoms with Gasteiger partial charge in [-0.05, 0) is 45.2 Å². The first-order valence-electron chi connectivity index (χ1n) is 8.30. The van der Waals surface area contributed by atoms with Crippen molar-refractivity contribution >= 4 is 10.9 Å². The highest BCUT2D eigenvalue weighted by atomic mass is 16.5. The first kappa shape index (κ1) is 6.45. The highest BCUT2D eigenvalue weighted by Crippen LogP contribution is 2.22. The van der Waals surface area contributed by atoms with Gasteiger partial charge in [0.2, 0.25) is 0 Å². The van der Waals surface area contributed by atoms with Crippen molar-refractivity contribution in [2.75, 3.05) is 21.2 Å². The molecule has 1 atom stereocenters. The molecule has 0 saturated heterocycles. The summed E-state index contributed by atoms with van der Waals surface area (Å²) in [6.07, 6.45) is 1.46. The van der Waals surface area contributed by atoms with Gasteiger partial charge in [-0.3, -0.25) is 0 Å². The Kier molecular flexibility index (Phi) is 1.82. The number of hydrogen-bond donors (Lipinski definition) is 0. The van der Waals surface area contributed by atoms with E-state index < -0.39 is 19.4 Å². The van der Waals surface area contributed by atoms with Crippen LogP contribution in [0.3, 0.4) is 0 Å². The first-order chi connectivity index (χ1) is 10.5. The summed E-state index contributed by atoms with van der Waals surface area (Å²) in [7, 11) is 4.32. The van der Waals surface area contributed by atoms with Gasteiger partial charge >= 0.3 is 0 Å². The maximum absolute atomic E-state index is 8.41. The molecule has 0 spiro atoms. The number of aromatic nitrogens is 1. The Morgan fingerprint density at radius 2 is 2.35 bits per heavy atom. The Morgan fingerprint density at radius 1 is 1.53 bits per heavy atom. The van der Waals surface area contributed by atoms with Crippen molar-refractivity contribution < 1.29 is 13.0 Å². The lowest BCUT2D eigenvalue weighted by Crippen LogP contribution is -2.28. The third-order valence-corrected chi connectivity index (χ3v) is 2.57. The zero-order valence-electron chi connectivity index (χ0n) is 16.2. The number of rotatable bonds is 4. The molecule has 0 radical (unpaired) electrons. The minimum Gasteiger partial charge on any atom is -0.497 e. The standard InChI is InChI=1S/C14H20N2O/c1-11(15(2)3)10-16-8-7-12-9-13(17-4)5-6-14(12)16/h5-9,11H,10H2,1-4H3/t11-/m1/s1/i1D3,10D2,11D. The molecular formula is C14H20N2O.